The monoisotopic (exact) mass is 322 g/mol. The zero-order chi connectivity index (χ0) is 16.1. The van der Waals surface area contributed by atoms with Gasteiger partial charge in [-0.1, -0.05) is 17.7 Å². The van der Waals surface area contributed by atoms with Gasteiger partial charge < -0.3 is 10.1 Å². The van der Waals surface area contributed by atoms with Crippen molar-refractivity contribution in [1.29, 1.82) is 0 Å². The number of carbonyl (C=O) groups is 2. The summed E-state index contributed by atoms with van der Waals surface area (Å²) >= 11 is 5.96. The van der Waals surface area contributed by atoms with Gasteiger partial charge in [-0.05, 0) is 31.0 Å². The Kier molecular flexibility index (Phi) is 5.55. The largest absolute Gasteiger partial charge is 0.466 e. The second kappa shape index (κ2) is 7.40. The predicted molar refractivity (Wildman–Crippen MR) is 85.8 cm³/mol. The first-order chi connectivity index (χ1) is 10.5. The minimum Gasteiger partial charge on any atom is -0.466 e. The highest BCUT2D eigenvalue weighted by Gasteiger charge is 2.25. The molecule has 2 atom stereocenters. The Morgan fingerprint density at radius 3 is 2.91 bits per heavy atom. The van der Waals surface area contributed by atoms with E-state index in [1.54, 1.807) is 6.92 Å². The number of carbonyl (C=O) groups excluding carboxylic acids is 2. The average molecular weight is 323 g/mol. The number of hydrogen-bond donors (Lipinski definition) is 1. The minimum absolute atomic E-state index is 0.0542. The van der Waals surface area contributed by atoms with Crippen molar-refractivity contribution in [2.75, 3.05) is 6.61 Å². The summed E-state index contributed by atoms with van der Waals surface area (Å²) in [5, 5.41) is 3.45. The number of hydrogen-bond acceptors (Lipinski definition) is 4. The van der Waals surface area contributed by atoms with Crippen molar-refractivity contribution in [2.45, 2.75) is 38.6 Å². The fraction of sp³-hybridized carbons (Fsp3) is 0.438. The van der Waals surface area contributed by atoms with E-state index < -0.39 is 0 Å². The van der Waals surface area contributed by atoms with Crippen LogP contribution in [0.15, 0.2) is 23.2 Å². The predicted octanol–water partition coefficient (Wildman–Crippen LogP) is 2.99. The summed E-state index contributed by atoms with van der Waals surface area (Å²) < 4.78 is 4.96. The molecule has 1 aliphatic heterocycles. The van der Waals surface area contributed by atoms with Crippen molar-refractivity contribution in [3.8, 4) is 0 Å². The Bertz CT molecular complexity index is 601. The number of fused-ring (bicyclic) bond motifs is 1. The number of nitrogens with one attached hydrogen (secondary N) is 1. The molecule has 0 bridgehead atoms. The number of ether oxygens (including phenoxy) is 1. The smallest absolute Gasteiger partial charge is 0.307 e. The number of rotatable bonds is 6. The summed E-state index contributed by atoms with van der Waals surface area (Å²) in [6.07, 6.45) is 2.58. The van der Waals surface area contributed by atoms with Gasteiger partial charge in [-0.25, -0.2) is 0 Å². The lowest BCUT2D eigenvalue weighted by atomic mass is 9.92. The van der Waals surface area contributed by atoms with E-state index in [1.165, 1.54) is 6.92 Å². The fourth-order valence-electron chi connectivity index (χ4n) is 2.59. The van der Waals surface area contributed by atoms with Crippen LogP contribution in [0.3, 0.4) is 0 Å². The van der Waals surface area contributed by atoms with E-state index in [-0.39, 0.29) is 30.3 Å². The number of benzene rings is 1. The van der Waals surface area contributed by atoms with Crippen LogP contribution in [-0.4, -0.2) is 30.7 Å². The molecule has 118 valence electrons. The number of aliphatic imine (C=N–C) groups is 1. The Morgan fingerprint density at radius 1 is 1.45 bits per heavy atom. The molecule has 0 saturated heterocycles. The standard InChI is InChI=1S/C16H19ClN2O3/c1-3-22-16(21)8-13(19-10(2)20)6-11-9-18-15-7-12(17)4-5-14(11)15/h4-5,7,9,11,13H,3,6,8H2,1-2H3,(H,19,20)/t11?,13-/m0/s1. The van der Waals surface area contributed by atoms with Gasteiger partial charge in [0.25, 0.3) is 0 Å². The molecule has 0 spiro atoms. The first-order valence-electron chi connectivity index (χ1n) is 7.26. The zero-order valence-electron chi connectivity index (χ0n) is 12.6. The van der Waals surface area contributed by atoms with Crippen molar-refractivity contribution >= 4 is 35.4 Å². The average Bonchev–Trinajstić information content (AvgIpc) is 2.80. The molecule has 2 rings (SSSR count). The summed E-state index contributed by atoms with van der Waals surface area (Å²) in [5.41, 5.74) is 1.90. The van der Waals surface area contributed by atoms with Gasteiger partial charge in [0.05, 0.1) is 18.7 Å². The summed E-state index contributed by atoms with van der Waals surface area (Å²) in [4.78, 5) is 27.4. The van der Waals surface area contributed by atoms with E-state index in [4.69, 9.17) is 16.3 Å². The summed E-state index contributed by atoms with van der Waals surface area (Å²) in [5.74, 6) is -0.424. The van der Waals surface area contributed by atoms with Crippen molar-refractivity contribution < 1.29 is 14.3 Å². The Balaban J connectivity index is 2.07. The number of esters is 1. The van der Waals surface area contributed by atoms with Crippen LogP contribution in [0, 0.1) is 0 Å². The van der Waals surface area contributed by atoms with E-state index in [1.807, 2.05) is 24.4 Å². The molecule has 1 amide bonds. The third-order valence-electron chi connectivity index (χ3n) is 3.45. The van der Waals surface area contributed by atoms with Gasteiger partial charge in [0.1, 0.15) is 0 Å². The number of halogens is 1. The van der Waals surface area contributed by atoms with Crippen LogP contribution in [0.4, 0.5) is 5.69 Å². The maximum Gasteiger partial charge on any atom is 0.307 e. The van der Waals surface area contributed by atoms with Crippen LogP contribution in [-0.2, 0) is 14.3 Å². The van der Waals surface area contributed by atoms with Crippen molar-refractivity contribution in [1.82, 2.24) is 5.32 Å². The van der Waals surface area contributed by atoms with Gasteiger partial charge in [-0.2, -0.15) is 0 Å². The molecule has 5 nitrogen and oxygen atoms in total. The second-order valence-electron chi connectivity index (χ2n) is 5.23. The molecule has 1 aromatic carbocycles. The van der Waals surface area contributed by atoms with Gasteiger partial charge in [-0.15, -0.1) is 0 Å². The van der Waals surface area contributed by atoms with Gasteiger partial charge in [0.15, 0.2) is 0 Å². The van der Waals surface area contributed by atoms with E-state index in [2.05, 4.69) is 10.3 Å². The van der Waals surface area contributed by atoms with Crippen LogP contribution in [0.25, 0.3) is 0 Å². The van der Waals surface area contributed by atoms with Crippen LogP contribution >= 0.6 is 11.6 Å². The lowest BCUT2D eigenvalue weighted by Gasteiger charge is -2.20. The molecule has 22 heavy (non-hydrogen) atoms. The molecule has 1 unspecified atom stereocenters. The SMILES string of the molecule is CCOC(=O)C[C@H](CC1C=Nc2cc(Cl)ccc21)NC(C)=O. The Hall–Kier alpha value is -1.88. The zero-order valence-corrected chi connectivity index (χ0v) is 13.4. The lowest BCUT2D eigenvalue weighted by molar-refractivity contribution is -0.143. The van der Waals surface area contributed by atoms with E-state index in [0.29, 0.717) is 18.1 Å². The number of amides is 1. The van der Waals surface area contributed by atoms with Gasteiger partial charge >= 0.3 is 5.97 Å². The topological polar surface area (TPSA) is 67.8 Å². The first-order valence-corrected chi connectivity index (χ1v) is 7.63. The summed E-state index contributed by atoms with van der Waals surface area (Å²) in [6.45, 7) is 3.53. The van der Waals surface area contributed by atoms with E-state index >= 15 is 0 Å². The maximum atomic E-state index is 11.7. The van der Waals surface area contributed by atoms with Crippen molar-refractivity contribution in [3.05, 3.63) is 28.8 Å². The third-order valence-corrected chi connectivity index (χ3v) is 3.68. The number of nitrogens with zero attached hydrogens (tertiary/aromatic N) is 1. The van der Waals surface area contributed by atoms with Crippen molar-refractivity contribution in [3.63, 3.8) is 0 Å². The van der Waals surface area contributed by atoms with Gasteiger partial charge in [-0.3, -0.25) is 14.6 Å². The molecular weight excluding hydrogens is 304 g/mol. The lowest BCUT2D eigenvalue weighted by Crippen LogP contribution is -2.36. The maximum absolute atomic E-state index is 11.7. The molecule has 1 heterocycles. The van der Waals surface area contributed by atoms with Crippen LogP contribution in [0.5, 0.6) is 0 Å². The van der Waals surface area contributed by atoms with Crippen LogP contribution in [0.2, 0.25) is 5.02 Å². The molecule has 6 heteroatoms. The molecule has 0 aromatic heterocycles. The molecule has 1 N–H and O–H groups in total. The fourth-order valence-corrected chi connectivity index (χ4v) is 2.76. The summed E-state index contributed by atoms with van der Waals surface area (Å²) in [7, 11) is 0. The molecule has 0 saturated carbocycles. The highest BCUT2D eigenvalue weighted by molar-refractivity contribution is 6.30. The highest BCUT2D eigenvalue weighted by Crippen LogP contribution is 2.36. The normalized spacial score (nSPS) is 17.0. The van der Waals surface area contributed by atoms with Gasteiger partial charge in [0.2, 0.25) is 5.91 Å². The highest BCUT2D eigenvalue weighted by atomic mass is 35.5. The Morgan fingerprint density at radius 2 is 2.23 bits per heavy atom. The minimum atomic E-state index is -0.312. The van der Waals surface area contributed by atoms with Gasteiger partial charge in [0, 0.05) is 30.1 Å². The molecule has 1 aromatic rings. The summed E-state index contributed by atoms with van der Waals surface area (Å²) in [6, 6.07) is 5.28. The Labute approximate surface area is 134 Å². The molecule has 0 aliphatic carbocycles. The second-order valence-corrected chi connectivity index (χ2v) is 5.67. The van der Waals surface area contributed by atoms with E-state index in [9.17, 15) is 9.59 Å². The molecular formula is C16H19ClN2O3. The molecule has 1 aliphatic rings. The van der Waals surface area contributed by atoms with Crippen LogP contribution in [0.1, 0.15) is 38.2 Å². The van der Waals surface area contributed by atoms with Crippen LogP contribution < -0.4 is 5.32 Å². The molecule has 0 fully saturated rings. The van der Waals surface area contributed by atoms with E-state index in [0.717, 1.165) is 11.3 Å². The van der Waals surface area contributed by atoms with Crippen molar-refractivity contribution in [2.24, 2.45) is 4.99 Å². The molecule has 0 radical (unpaired) electrons. The quantitative estimate of drug-likeness (QED) is 0.819. The first kappa shape index (κ1) is 16.5. The third kappa shape index (κ3) is 4.31.